The van der Waals surface area contributed by atoms with Gasteiger partial charge in [0.15, 0.2) is 0 Å². The normalized spacial score (nSPS) is 13.6. The number of rotatable bonds is 2. The van der Waals surface area contributed by atoms with E-state index in [0.29, 0.717) is 0 Å². The van der Waals surface area contributed by atoms with Crippen LogP contribution in [0, 0.1) is 6.92 Å². The van der Waals surface area contributed by atoms with Gasteiger partial charge in [0.1, 0.15) is 0 Å². The Labute approximate surface area is 73.4 Å². The Hall–Kier alpha value is -1.08. The van der Waals surface area contributed by atoms with Crippen molar-refractivity contribution >= 4 is 6.08 Å². The molecule has 1 heteroatoms. The molecule has 1 atom stereocenters. The SMILES string of the molecule is Cc1ccc(/C=C/C(C)O)cc1. The zero-order valence-electron chi connectivity index (χ0n) is 7.49. The molecule has 0 heterocycles. The number of hydrogen-bond acceptors (Lipinski definition) is 1. The number of aliphatic hydroxyl groups is 1. The van der Waals surface area contributed by atoms with Gasteiger partial charge in [-0.2, -0.15) is 0 Å². The quantitative estimate of drug-likeness (QED) is 0.708. The fourth-order valence-electron chi connectivity index (χ4n) is 0.928. The van der Waals surface area contributed by atoms with Gasteiger partial charge in [0.05, 0.1) is 6.10 Å². The second-order valence-corrected chi connectivity index (χ2v) is 3.01. The van der Waals surface area contributed by atoms with Crippen molar-refractivity contribution in [3.05, 3.63) is 41.5 Å². The molecule has 1 aromatic rings. The Balaban J connectivity index is 2.71. The molecular formula is C11H14O. The molecule has 0 saturated carbocycles. The lowest BCUT2D eigenvalue weighted by molar-refractivity contribution is 0.245. The van der Waals surface area contributed by atoms with E-state index in [-0.39, 0.29) is 6.10 Å². The highest BCUT2D eigenvalue weighted by molar-refractivity contribution is 5.49. The second-order valence-electron chi connectivity index (χ2n) is 3.01. The maximum Gasteiger partial charge on any atom is 0.0696 e. The first kappa shape index (κ1) is 9.01. The van der Waals surface area contributed by atoms with Crippen LogP contribution in [0.1, 0.15) is 18.1 Å². The van der Waals surface area contributed by atoms with Gasteiger partial charge in [-0.1, -0.05) is 42.0 Å². The molecule has 0 radical (unpaired) electrons. The van der Waals surface area contributed by atoms with Crippen molar-refractivity contribution in [2.45, 2.75) is 20.0 Å². The molecule has 12 heavy (non-hydrogen) atoms. The van der Waals surface area contributed by atoms with Crippen LogP contribution in [0.25, 0.3) is 6.08 Å². The summed E-state index contributed by atoms with van der Waals surface area (Å²) >= 11 is 0. The van der Waals surface area contributed by atoms with E-state index in [1.165, 1.54) is 5.56 Å². The zero-order chi connectivity index (χ0) is 8.97. The molecule has 1 aromatic carbocycles. The fraction of sp³-hybridized carbons (Fsp3) is 0.273. The third-order valence-electron chi connectivity index (χ3n) is 1.64. The van der Waals surface area contributed by atoms with Crippen LogP contribution in [0.5, 0.6) is 0 Å². The minimum absolute atomic E-state index is 0.369. The van der Waals surface area contributed by atoms with Gasteiger partial charge in [0.2, 0.25) is 0 Å². The highest BCUT2D eigenvalue weighted by Gasteiger charge is 1.88. The third kappa shape index (κ3) is 2.89. The summed E-state index contributed by atoms with van der Waals surface area (Å²) in [6, 6.07) is 8.19. The fourth-order valence-corrected chi connectivity index (χ4v) is 0.928. The molecule has 1 unspecified atom stereocenters. The monoisotopic (exact) mass is 162 g/mol. The van der Waals surface area contributed by atoms with Crippen molar-refractivity contribution in [1.82, 2.24) is 0 Å². The van der Waals surface area contributed by atoms with Gasteiger partial charge in [-0.05, 0) is 19.4 Å². The van der Waals surface area contributed by atoms with Crippen molar-refractivity contribution in [2.75, 3.05) is 0 Å². The summed E-state index contributed by atoms with van der Waals surface area (Å²) in [5, 5.41) is 8.98. The Morgan fingerprint density at radius 1 is 1.25 bits per heavy atom. The molecule has 1 N–H and O–H groups in total. The summed E-state index contributed by atoms with van der Waals surface area (Å²) in [5.74, 6) is 0. The van der Waals surface area contributed by atoms with Gasteiger partial charge in [-0.25, -0.2) is 0 Å². The van der Waals surface area contributed by atoms with E-state index in [0.717, 1.165) is 5.56 Å². The number of hydrogen-bond donors (Lipinski definition) is 1. The standard InChI is InChI=1S/C11H14O/c1-9-3-6-11(7-4-9)8-5-10(2)12/h3-8,10,12H,1-2H3/b8-5+. The van der Waals surface area contributed by atoms with E-state index in [4.69, 9.17) is 5.11 Å². The molecule has 64 valence electrons. The average Bonchev–Trinajstić information content (AvgIpc) is 2.03. The van der Waals surface area contributed by atoms with Gasteiger partial charge in [-0.15, -0.1) is 0 Å². The predicted octanol–water partition coefficient (Wildman–Crippen LogP) is 2.39. The van der Waals surface area contributed by atoms with E-state index in [1.807, 2.05) is 18.2 Å². The summed E-state index contributed by atoms with van der Waals surface area (Å²) in [7, 11) is 0. The highest BCUT2D eigenvalue weighted by atomic mass is 16.3. The molecule has 0 bridgehead atoms. The summed E-state index contributed by atoms with van der Waals surface area (Å²) in [4.78, 5) is 0. The second kappa shape index (κ2) is 4.07. The van der Waals surface area contributed by atoms with Crippen LogP contribution >= 0.6 is 0 Å². The van der Waals surface area contributed by atoms with Crippen molar-refractivity contribution in [3.63, 3.8) is 0 Å². The minimum atomic E-state index is -0.369. The third-order valence-corrected chi connectivity index (χ3v) is 1.64. The summed E-state index contributed by atoms with van der Waals surface area (Å²) in [5.41, 5.74) is 2.38. The molecule has 0 aromatic heterocycles. The van der Waals surface area contributed by atoms with Crippen molar-refractivity contribution in [3.8, 4) is 0 Å². The Morgan fingerprint density at radius 2 is 1.83 bits per heavy atom. The molecule has 0 saturated heterocycles. The smallest absolute Gasteiger partial charge is 0.0696 e. The van der Waals surface area contributed by atoms with Gasteiger partial charge in [0, 0.05) is 0 Å². The first-order chi connectivity index (χ1) is 5.68. The van der Waals surface area contributed by atoms with Gasteiger partial charge in [0.25, 0.3) is 0 Å². The van der Waals surface area contributed by atoms with Crippen molar-refractivity contribution < 1.29 is 5.11 Å². The van der Waals surface area contributed by atoms with Crippen LogP contribution in [-0.4, -0.2) is 11.2 Å². The molecule has 0 amide bonds. The van der Waals surface area contributed by atoms with Gasteiger partial charge < -0.3 is 5.11 Å². The number of aryl methyl sites for hydroxylation is 1. The summed E-state index contributed by atoms with van der Waals surface area (Å²) < 4.78 is 0. The van der Waals surface area contributed by atoms with E-state index in [9.17, 15) is 0 Å². The molecule has 0 aliphatic rings. The first-order valence-corrected chi connectivity index (χ1v) is 4.11. The van der Waals surface area contributed by atoms with Gasteiger partial charge >= 0.3 is 0 Å². The minimum Gasteiger partial charge on any atom is -0.389 e. The maximum absolute atomic E-state index is 8.98. The molecule has 1 nitrogen and oxygen atoms in total. The van der Waals surface area contributed by atoms with Crippen molar-refractivity contribution in [1.29, 1.82) is 0 Å². The Morgan fingerprint density at radius 3 is 2.33 bits per heavy atom. The maximum atomic E-state index is 8.98. The van der Waals surface area contributed by atoms with Gasteiger partial charge in [-0.3, -0.25) is 0 Å². The zero-order valence-corrected chi connectivity index (χ0v) is 7.49. The topological polar surface area (TPSA) is 20.2 Å². The first-order valence-electron chi connectivity index (χ1n) is 4.11. The summed E-state index contributed by atoms with van der Waals surface area (Å²) in [6.07, 6.45) is 3.32. The number of aliphatic hydroxyl groups excluding tert-OH is 1. The predicted molar refractivity (Wildman–Crippen MR) is 51.9 cm³/mol. The highest BCUT2D eigenvalue weighted by Crippen LogP contribution is 2.05. The lowest BCUT2D eigenvalue weighted by Crippen LogP contribution is -1.91. The molecule has 1 rings (SSSR count). The van der Waals surface area contributed by atoms with Crippen LogP contribution in [0.2, 0.25) is 0 Å². The Bertz CT molecular complexity index is 257. The lowest BCUT2D eigenvalue weighted by Gasteiger charge is -1.96. The molecular weight excluding hydrogens is 148 g/mol. The van der Waals surface area contributed by atoms with E-state index in [1.54, 1.807) is 13.0 Å². The van der Waals surface area contributed by atoms with Crippen LogP contribution < -0.4 is 0 Å². The van der Waals surface area contributed by atoms with Crippen LogP contribution in [0.3, 0.4) is 0 Å². The van der Waals surface area contributed by atoms with E-state index >= 15 is 0 Å². The number of benzene rings is 1. The Kier molecular flexibility index (Phi) is 3.06. The van der Waals surface area contributed by atoms with Crippen LogP contribution in [-0.2, 0) is 0 Å². The molecule has 0 aliphatic heterocycles. The molecule has 0 spiro atoms. The van der Waals surface area contributed by atoms with Crippen LogP contribution in [0.4, 0.5) is 0 Å². The van der Waals surface area contributed by atoms with E-state index < -0.39 is 0 Å². The lowest BCUT2D eigenvalue weighted by atomic mass is 10.1. The molecule has 0 aliphatic carbocycles. The summed E-state index contributed by atoms with van der Waals surface area (Å²) in [6.45, 7) is 3.80. The largest absolute Gasteiger partial charge is 0.389 e. The van der Waals surface area contributed by atoms with Crippen molar-refractivity contribution in [2.24, 2.45) is 0 Å². The van der Waals surface area contributed by atoms with E-state index in [2.05, 4.69) is 19.1 Å². The average molecular weight is 162 g/mol. The van der Waals surface area contributed by atoms with Crippen LogP contribution in [0.15, 0.2) is 30.3 Å². The molecule has 0 fully saturated rings.